The van der Waals surface area contributed by atoms with Gasteiger partial charge < -0.3 is 14.8 Å². The molecule has 9 heteroatoms. The highest BCUT2D eigenvalue weighted by molar-refractivity contribution is 7.99. The fourth-order valence-electron chi connectivity index (χ4n) is 3.84. The van der Waals surface area contributed by atoms with Crippen molar-refractivity contribution < 1.29 is 18.7 Å². The van der Waals surface area contributed by atoms with Crippen LogP contribution in [-0.2, 0) is 4.79 Å². The average molecular weight is 548 g/mol. The number of nitrogens with zero attached hydrogens (tertiary/aromatic N) is 2. The number of nitriles is 1. The zero-order valence-electron chi connectivity index (χ0n) is 20.6. The Morgan fingerprint density at radius 2 is 1.84 bits per heavy atom. The number of ether oxygens (including phenoxy) is 2. The van der Waals surface area contributed by atoms with Crippen LogP contribution in [0.25, 0.3) is 22.4 Å². The van der Waals surface area contributed by atoms with Crippen LogP contribution >= 0.6 is 23.4 Å². The van der Waals surface area contributed by atoms with Crippen molar-refractivity contribution in [3.8, 4) is 40.0 Å². The van der Waals surface area contributed by atoms with Gasteiger partial charge >= 0.3 is 0 Å². The number of hydrogen-bond acceptors (Lipinski definition) is 6. The molecule has 0 aliphatic carbocycles. The Morgan fingerprint density at radius 3 is 2.53 bits per heavy atom. The highest BCUT2D eigenvalue weighted by Gasteiger charge is 2.20. The van der Waals surface area contributed by atoms with Crippen LogP contribution in [0.3, 0.4) is 0 Å². The summed E-state index contributed by atoms with van der Waals surface area (Å²) in [6.07, 6.45) is 0.138. The monoisotopic (exact) mass is 547 g/mol. The van der Waals surface area contributed by atoms with Gasteiger partial charge in [-0.3, -0.25) is 4.79 Å². The highest BCUT2D eigenvalue weighted by Crippen LogP contribution is 2.42. The summed E-state index contributed by atoms with van der Waals surface area (Å²) in [6, 6.07) is 23.3. The van der Waals surface area contributed by atoms with Gasteiger partial charge in [0, 0.05) is 34.6 Å². The Morgan fingerprint density at radius 1 is 1.05 bits per heavy atom. The molecule has 3 aromatic carbocycles. The second-order valence-corrected chi connectivity index (χ2v) is 9.52. The molecule has 1 heterocycles. The van der Waals surface area contributed by atoms with E-state index in [2.05, 4.69) is 11.4 Å². The third-order valence-electron chi connectivity index (χ3n) is 5.63. The molecule has 6 nitrogen and oxygen atoms in total. The predicted molar refractivity (Wildman–Crippen MR) is 148 cm³/mol. The molecule has 0 radical (unpaired) electrons. The summed E-state index contributed by atoms with van der Waals surface area (Å²) in [5.41, 5.74) is 3.67. The van der Waals surface area contributed by atoms with Gasteiger partial charge in [-0.1, -0.05) is 54.1 Å². The number of carbonyl (C=O) groups excluding carboxylic acids is 1. The molecule has 0 fully saturated rings. The van der Waals surface area contributed by atoms with Gasteiger partial charge in [0.05, 0.1) is 30.5 Å². The number of pyridine rings is 1. The Kier molecular flexibility index (Phi) is 8.85. The molecule has 4 aromatic rings. The van der Waals surface area contributed by atoms with Crippen molar-refractivity contribution in [2.45, 2.75) is 11.4 Å². The molecule has 4 rings (SSSR count). The van der Waals surface area contributed by atoms with E-state index >= 15 is 0 Å². The minimum Gasteiger partial charge on any atom is -0.493 e. The number of aromatic nitrogens is 1. The Labute approximate surface area is 229 Å². The van der Waals surface area contributed by atoms with Crippen LogP contribution in [0.15, 0.2) is 77.8 Å². The van der Waals surface area contributed by atoms with E-state index in [1.54, 1.807) is 20.3 Å². The number of halogens is 2. The maximum absolute atomic E-state index is 13.4. The van der Waals surface area contributed by atoms with E-state index in [1.165, 1.54) is 30.0 Å². The van der Waals surface area contributed by atoms with Crippen LogP contribution in [0.4, 0.5) is 10.1 Å². The lowest BCUT2D eigenvalue weighted by Gasteiger charge is -2.16. The lowest BCUT2D eigenvalue weighted by molar-refractivity contribution is -0.115. The molecule has 0 aliphatic rings. The van der Waals surface area contributed by atoms with E-state index in [0.29, 0.717) is 50.3 Å². The summed E-state index contributed by atoms with van der Waals surface area (Å²) in [7, 11) is 3.11. The molecule has 0 unspecified atom stereocenters. The maximum Gasteiger partial charge on any atom is 0.225 e. The maximum atomic E-state index is 13.4. The Bertz CT molecular complexity index is 1510. The molecule has 0 saturated heterocycles. The van der Waals surface area contributed by atoms with Crippen LogP contribution in [0.2, 0.25) is 5.02 Å². The fraction of sp³-hybridized carbons (Fsp3) is 0.138. The lowest BCUT2D eigenvalue weighted by Crippen LogP contribution is -2.12. The van der Waals surface area contributed by atoms with E-state index in [1.807, 2.05) is 48.5 Å². The first kappa shape index (κ1) is 27.0. The minimum absolute atomic E-state index is 0.0711. The molecule has 0 bridgehead atoms. The van der Waals surface area contributed by atoms with E-state index in [0.717, 1.165) is 5.56 Å². The Hall–Kier alpha value is -4.06. The first-order valence-corrected chi connectivity index (χ1v) is 12.9. The van der Waals surface area contributed by atoms with Crippen molar-refractivity contribution in [3.05, 3.63) is 89.2 Å². The molecular formula is C29H23ClFN3O3S. The summed E-state index contributed by atoms with van der Waals surface area (Å²) in [5.74, 6) is 0.573. The summed E-state index contributed by atoms with van der Waals surface area (Å²) in [4.78, 5) is 17.3. The molecule has 192 valence electrons. The van der Waals surface area contributed by atoms with Crippen molar-refractivity contribution in [2.24, 2.45) is 0 Å². The van der Waals surface area contributed by atoms with Crippen LogP contribution < -0.4 is 14.8 Å². The van der Waals surface area contributed by atoms with Gasteiger partial charge in [-0.2, -0.15) is 5.26 Å². The summed E-state index contributed by atoms with van der Waals surface area (Å²) < 4.78 is 24.5. The third-order valence-corrected chi connectivity index (χ3v) is 6.90. The number of methoxy groups -OCH3 is 2. The molecule has 0 saturated carbocycles. The Balaban J connectivity index is 1.66. The van der Waals surface area contributed by atoms with Gasteiger partial charge in [-0.15, -0.1) is 11.8 Å². The highest BCUT2D eigenvalue weighted by atomic mass is 35.5. The zero-order chi connectivity index (χ0) is 27.1. The number of benzene rings is 3. The van der Waals surface area contributed by atoms with Crippen LogP contribution in [0.5, 0.6) is 11.5 Å². The number of nitrogens with one attached hydrogen (secondary N) is 1. The van der Waals surface area contributed by atoms with Gasteiger partial charge in [0.25, 0.3) is 0 Å². The lowest BCUT2D eigenvalue weighted by atomic mass is 9.98. The molecule has 1 aromatic heterocycles. The van der Waals surface area contributed by atoms with E-state index in [9.17, 15) is 14.4 Å². The van der Waals surface area contributed by atoms with Crippen LogP contribution in [0.1, 0.15) is 12.0 Å². The first-order chi connectivity index (χ1) is 18.4. The topological polar surface area (TPSA) is 84.2 Å². The van der Waals surface area contributed by atoms with Gasteiger partial charge in [0.15, 0.2) is 11.5 Å². The first-order valence-electron chi connectivity index (χ1n) is 11.5. The average Bonchev–Trinajstić information content (AvgIpc) is 2.94. The standard InChI is InChI=1S/C29H23ClFN3O3S/c1-36-26-10-6-9-20(28(26)37-2)21-16-25(18-7-4-3-5-8-18)34-29(22(21)17-32)38-14-13-27(35)33-19-11-12-24(31)23(30)15-19/h3-12,15-16H,13-14H2,1-2H3,(H,33,35). The number of thioether (sulfide) groups is 1. The number of amides is 1. The van der Waals surface area contributed by atoms with Crippen molar-refractivity contribution in [1.82, 2.24) is 4.98 Å². The molecule has 0 atom stereocenters. The van der Waals surface area contributed by atoms with E-state index in [4.69, 9.17) is 26.1 Å². The van der Waals surface area contributed by atoms with Crippen LogP contribution in [-0.4, -0.2) is 30.9 Å². The van der Waals surface area contributed by atoms with Gasteiger partial charge in [0.1, 0.15) is 16.9 Å². The van der Waals surface area contributed by atoms with Crippen molar-refractivity contribution >= 4 is 35.0 Å². The zero-order valence-corrected chi connectivity index (χ0v) is 22.2. The molecule has 38 heavy (non-hydrogen) atoms. The smallest absolute Gasteiger partial charge is 0.225 e. The second-order valence-electron chi connectivity index (χ2n) is 8.03. The molecule has 0 aliphatic heterocycles. The summed E-state index contributed by atoms with van der Waals surface area (Å²) in [5, 5.41) is 13.3. The number of carbonyl (C=O) groups is 1. The number of anilines is 1. The molecule has 0 spiro atoms. The summed E-state index contributed by atoms with van der Waals surface area (Å²) in [6.45, 7) is 0. The van der Waals surface area contributed by atoms with Crippen LogP contribution in [0, 0.1) is 17.1 Å². The molecule has 1 amide bonds. The third kappa shape index (κ3) is 6.08. The minimum atomic E-state index is -0.558. The number of para-hydroxylation sites is 1. The van der Waals surface area contributed by atoms with E-state index in [-0.39, 0.29) is 17.4 Å². The van der Waals surface area contributed by atoms with Crippen molar-refractivity contribution in [1.29, 1.82) is 5.26 Å². The molecule has 1 N–H and O–H groups in total. The normalized spacial score (nSPS) is 10.5. The summed E-state index contributed by atoms with van der Waals surface area (Å²) >= 11 is 7.10. The molecular weight excluding hydrogens is 525 g/mol. The van der Waals surface area contributed by atoms with Crippen molar-refractivity contribution in [2.75, 3.05) is 25.3 Å². The fourth-order valence-corrected chi connectivity index (χ4v) is 4.96. The van der Waals surface area contributed by atoms with Crippen molar-refractivity contribution in [3.63, 3.8) is 0 Å². The van der Waals surface area contributed by atoms with Gasteiger partial charge in [-0.05, 0) is 30.3 Å². The largest absolute Gasteiger partial charge is 0.493 e. The SMILES string of the molecule is COc1cccc(-c2cc(-c3ccccc3)nc(SCCC(=O)Nc3ccc(F)c(Cl)c3)c2C#N)c1OC. The quantitative estimate of drug-likeness (QED) is 0.223. The van der Waals surface area contributed by atoms with E-state index < -0.39 is 5.82 Å². The number of hydrogen-bond donors (Lipinski definition) is 1. The number of rotatable bonds is 9. The van der Waals surface area contributed by atoms with Gasteiger partial charge in [-0.25, -0.2) is 9.37 Å². The van der Waals surface area contributed by atoms with Gasteiger partial charge in [0.2, 0.25) is 5.91 Å². The predicted octanol–water partition coefficient (Wildman–Crippen LogP) is 7.22. The second kappa shape index (κ2) is 12.5.